The van der Waals surface area contributed by atoms with Gasteiger partial charge in [0.1, 0.15) is 0 Å². The molecule has 4 nitrogen and oxygen atoms in total. The second-order valence-corrected chi connectivity index (χ2v) is 6.75. The molecule has 0 radical (unpaired) electrons. The lowest BCUT2D eigenvalue weighted by Gasteiger charge is -2.17. The highest BCUT2D eigenvalue weighted by molar-refractivity contribution is 7.89. The van der Waals surface area contributed by atoms with Crippen LogP contribution in [0.15, 0.2) is 35.2 Å². The summed E-state index contributed by atoms with van der Waals surface area (Å²) in [6.45, 7) is 3.22. The first-order chi connectivity index (χ1) is 8.18. The van der Waals surface area contributed by atoms with Gasteiger partial charge in [0.05, 0.1) is 4.90 Å². The molecule has 3 rings (SSSR count). The fourth-order valence-electron chi connectivity index (χ4n) is 2.75. The molecule has 1 N–H and O–H groups in total. The van der Waals surface area contributed by atoms with Gasteiger partial charge in [-0.25, -0.2) is 8.42 Å². The second-order valence-electron chi connectivity index (χ2n) is 4.81. The van der Waals surface area contributed by atoms with Gasteiger partial charge in [-0.3, -0.25) is 0 Å². The molecule has 2 heterocycles. The van der Waals surface area contributed by atoms with Gasteiger partial charge < -0.3 is 5.32 Å². The van der Waals surface area contributed by atoms with Gasteiger partial charge in [-0.1, -0.05) is 18.2 Å². The third kappa shape index (κ3) is 1.88. The lowest BCUT2D eigenvalue weighted by atomic mass is 10.0. The van der Waals surface area contributed by atoms with Crippen LogP contribution in [0.4, 0.5) is 0 Å². The standard InChI is InChI=1S/C12H16N2O2S/c15-17(16,12-4-2-1-3-5-12)14-8-10-6-13-7-11(10)9-14/h1-5,10-11,13H,6-9H2/t10-,11-/m0/s1. The summed E-state index contributed by atoms with van der Waals surface area (Å²) in [7, 11) is -3.28. The van der Waals surface area contributed by atoms with Crippen LogP contribution in [0, 0.1) is 11.8 Å². The number of rotatable bonds is 2. The molecule has 5 heteroatoms. The molecule has 0 unspecified atom stereocenters. The summed E-state index contributed by atoms with van der Waals surface area (Å²) in [6, 6.07) is 8.71. The summed E-state index contributed by atoms with van der Waals surface area (Å²) < 4.78 is 26.4. The van der Waals surface area contributed by atoms with E-state index >= 15 is 0 Å². The van der Waals surface area contributed by atoms with E-state index in [0.717, 1.165) is 13.1 Å². The van der Waals surface area contributed by atoms with E-state index in [0.29, 0.717) is 29.8 Å². The van der Waals surface area contributed by atoms with Gasteiger partial charge >= 0.3 is 0 Å². The van der Waals surface area contributed by atoms with Crippen molar-refractivity contribution >= 4 is 10.0 Å². The largest absolute Gasteiger partial charge is 0.316 e. The molecule has 1 aromatic carbocycles. The lowest BCUT2D eigenvalue weighted by Crippen LogP contribution is -2.31. The highest BCUT2D eigenvalue weighted by Crippen LogP contribution is 2.30. The first-order valence-electron chi connectivity index (χ1n) is 5.94. The fraction of sp³-hybridized carbons (Fsp3) is 0.500. The Morgan fingerprint density at radius 3 is 2.24 bits per heavy atom. The van der Waals surface area contributed by atoms with E-state index in [1.54, 1.807) is 28.6 Å². The topological polar surface area (TPSA) is 49.4 Å². The Balaban J connectivity index is 1.86. The van der Waals surface area contributed by atoms with Crippen LogP contribution >= 0.6 is 0 Å². The van der Waals surface area contributed by atoms with E-state index in [1.807, 2.05) is 6.07 Å². The molecular formula is C12H16N2O2S. The Labute approximate surface area is 102 Å². The van der Waals surface area contributed by atoms with Crippen molar-refractivity contribution in [1.82, 2.24) is 9.62 Å². The Hall–Kier alpha value is -0.910. The Morgan fingerprint density at radius 2 is 1.65 bits per heavy atom. The zero-order valence-electron chi connectivity index (χ0n) is 9.54. The van der Waals surface area contributed by atoms with Crippen LogP contribution < -0.4 is 5.32 Å². The Kier molecular flexibility index (Phi) is 2.69. The van der Waals surface area contributed by atoms with Gasteiger partial charge in [-0.2, -0.15) is 4.31 Å². The van der Waals surface area contributed by atoms with Crippen LogP contribution in [0.2, 0.25) is 0 Å². The summed E-state index contributed by atoms with van der Waals surface area (Å²) in [5.74, 6) is 0.988. The summed E-state index contributed by atoms with van der Waals surface area (Å²) in [6.07, 6.45) is 0. The summed E-state index contributed by atoms with van der Waals surface area (Å²) in [5.41, 5.74) is 0. The van der Waals surface area contributed by atoms with E-state index in [1.165, 1.54) is 0 Å². The van der Waals surface area contributed by atoms with Crippen molar-refractivity contribution in [3.05, 3.63) is 30.3 Å². The number of sulfonamides is 1. The van der Waals surface area contributed by atoms with E-state index in [9.17, 15) is 8.42 Å². The Morgan fingerprint density at radius 1 is 1.06 bits per heavy atom. The van der Waals surface area contributed by atoms with Gasteiger partial charge in [0, 0.05) is 13.1 Å². The van der Waals surface area contributed by atoms with E-state index in [2.05, 4.69) is 5.32 Å². The number of hydrogen-bond acceptors (Lipinski definition) is 3. The third-order valence-corrected chi connectivity index (χ3v) is 5.58. The van der Waals surface area contributed by atoms with Crippen LogP contribution in [0.3, 0.4) is 0 Å². The molecule has 2 atom stereocenters. The van der Waals surface area contributed by atoms with Gasteiger partial charge in [0.2, 0.25) is 10.0 Å². The molecule has 2 fully saturated rings. The number of fused-ring (bicyclic) bond motifs is 1. The van der Waals surface area contributed by atoms with Crippen LogP contribution in [-0.4, -0.2) is 38.9 Å². The molecule has 2 saturated heterocycles. The van der Waals surface area contributed by atoms with Gasteiger partial charge in [0.15, 0.2) is 0 Å². The van der Waals surface area contributed by atoms with Crippen molar-refractivity contribution < 1.29 is 8.42 Å². The van der Waals surface area contributed by atoms with Gasteiger partial charge in [-0.05, 0) is 37.1 Å². The molecule has 2 aliphatic heterocycles. The lowest BCUT2D eigenvalue weighted by molar-refractivity contribution is 0.448. The molecule has 0 aromatic heterocycles. The predicted molar refractivity (Wildman–Crippen MR) is 65.1 cm³/mol. The quantitative estimate of drug-likeness (QED) is 0.835. The zero-order chi connectivity index (χ0) is 11.9. The molecule has 0 spiro atoms. The number of hydrogen-bond donors (Lipinski definition) is 1. The van der Waals surface area contributed by atoms with E-state index < -0.39 is 10.0 Å². The number of nitrogens with zero attached hydrogens (tertiary/aromatic N) is 1. The SMILES string of the molecule is O=S(=O)(c1ccccc1)N1C[C@@H]2CNC[C@H]2C1. The maximum atomic E-state index is 12.4. The summed E-state index contributed by atoms with van der Waals surface area (Å²) in [5, 5.41) is 3.31. The summed E-state index contributed by atoms with van der Waals surface area (Å²) in [4.78, 5) is 0.410. The second kappa shape index (κ2) is 4.08. The first kappa shape index (κ1) is 11.2. The molecular weight excluding hydrogens is 236 g/mol. The van der Waals surface area contributed by atoms with Crippen molar-refractivity contribution in [2.75, 3.05) is 26.2 Å². The molecule has 0 bridgehead atoms. The highest BCUT2D eigenvalue weighted by atomic mass is 32.2. The summed E-state index contributed by atoms with van der Waals surface area (Å²) >= 11 is 0. The minimum absolute atomic E-state index is 0.410. The Bertz CT molecular complexity index is 488. The molecule has 0 saturated carbocycles. The average Bonchev–Trinajstić information content (AvgIpc) is 2.90. The molecule has 0 aliphatic carbocycles. The van der Waals surface area contributed by atoms with Crippen molar-refractivity contribution in [2.24, 2.45) is 11.8 Å². The molecule has 0 amide bonds. The third-order valence-electron chi connectivity index (χ3n) is 3.74. The molecule has 1 aromatic rings. The first-order valence-corrected chi connectivity index (χ1v) is 7.38. The zero-order valence-corrected chi connectivity index (χ0v) is 10.4. The van der Waals surface area contributed by atoms with Crippen molar-refractivity contribution in [2.45, 2.75) is 4.90 Å². The smallest absolute Gasteiger partial charge is 0.243 e. The van der Waals surface area contributed by atoms with Crippen LogP contribution in [0.1, 0.15) is 0 Å². The van der Waals surface area contributed by atoms with Crippen molar-refractivity contribution in [1.29, 1.82) is 0 Å². The predicted octanol–water partition coefficient (Wildman–Crippen LogP) is 0.526. The normalized spacial score (nSPS) is 29.4. The number of benzene rings is 1. The maximum Gasteiger partial charge on any atom is 0.243 e. The van der Waals surface area contributed by atoms with Crippen LogP contribution in [0.25, 0.3) is 0 Å². The van der Waals surface area contributed by atoms with E-state index in [-0.39, 0.29) is 0 Å². The minimum atomic E-state index is -3.28. The fourth-order valence-corrected chi connectivity index (χ4v) is 4.32. The van der Waals surface area contributed by atoms with Crippen molar-refractivity contribution in [3.63, 3.8) is 0 Å². The van der Waals surface area contributed by atoms with Crippen LogP contribution in [-0.2, 0) is 10.0 Å². The molecule has 17 heavy (non-hydrogen) atoms. The van der Waals surface area contributed by atoms with Gasteiger partial charge in [-0.15, -0.1) is 0 Å². The maximum absolute atomic E-state index is 12.4. The number of nitrogens with one attached hydrogen (secondary N) is 1. The van der Waals surface area contributed by atoms with Crippen LogP contribution in [0.5, 0.6) is 0 Å². The monoisotopic (exact) mass is 252 g/mol. The average molecular weight is 252 g/mol. The highest BCUT2D eigenvalue weighted by Gasteiger charge is 2.41. The molecule has 2 aliphatic rings. The van der Waals surface area contributed by atoms with Crippen molar-refractivity contribution in [3.8, 4) is 0 Å². The van der Waals surface area contributed by atoms with Gasteiger partial charge in [0.25, 0.3) is 0 Å². The van der Waals surface area contributed by atoms with E-state index in [4.69, 9.17) is 0 Å². The minimum Gasteiger partial charge on any atom is -0.316 e. The molecule has 92 valence electrons.